The fraction of sp³-hybridized carbons (Fsp3) is 0.200. The van der Waals surface area contributed by atoms with E-state index in [1.807, 2.05) is 29.1 Å². The molecule has 0 aliphatic rings. The smallest absolute Gasteiger partial charge is 0.195 e. The van der Waals surface area contributed by atoms with Gasteiger partial charge < -0.3 is 5.73 Å². The Kier molecular flexibility index (Phi) is 2.24. The Morgan fingerprint density at radius 3 is 2.92 bits per heavy atom. The molecule has 0 saturated carbocycles. The van der Waals surface area contributed by atoms with Crippen molar-refractivity contribution >= 4 is 51.6 Å². The third-order valence-corrected chi connectivity index (χ3v) is 2.65. The van der Waals surface area contributed by atoms with Gasteiger partial charge in [-0.25, -0.2) is 4.98 Å². The molecule has 2 rings (SSSR count). The maximum atomic E-state index is 5.66. The first-order valence-corrected chi connectivity index (χ1v) is 5.50. The maximum absolute atomic E-state index is 5.66. The molecule has 0 aromatic carbocycles. The molecule has 13 heavy (non-hydrogen) atoms. The summed E-state index contributed by atoms with van der Waals surface area (Å²) in [6.07, 6.45) is 1.89. The minimum atomic E-state index is 0.372. The molecule has 2 aromatic rings. The molecule has 0 spiro atoms. The fourth-order valence-corrected chi connectivity index (χ4v) is 1.68. The number of fused-ring (bicyclic) bond motifs is 1. The van der Waals surface area contributed by atoms with Gasteiger partial charge in [-0.15, -0.1) is 5.10 Å². The largest absolute Gasteiger partial charge is 0.382 e. The zero-order chi connectivity index (χ0) is 9.42. The second-order valence-electron chi connectivity index (χ2n) is 2.22. The maximum Gasteiger partial charge on any atom is 0.195 e. The zero-order valence-corrected chi connectivity index (χ0v) is 9.57. The van der Waals surface area contributed by atoms with Crippen molar-refractivity contribution in [1.29, 1.82) is 0 Å². The predicted octanol–water partition coefficient (Wildman–Crippen LogP) is 0.724. The van der Waals surface area contributed by atoms with Gasteiger partial charge in [-0.1, -0.05) is 17.0 Å². The monoisotopic (exact) mass is 308 g/mol. The van der Waals surface area contributed by atoms with Crippen LogP contribution in [0.2, 0.25) is 0 Å². The first-order valence-electron chi connectivity index (χ1n) is 3.31. The van der Waals surface area contributed by atoms with Crippen LogP contribution in [-0.4, -0.2) is 29.4 Å². The standard InChI is InChI=1S/C5H5IN6S/c1-13-5-8-3(7)2-4(9-5)12(6)11-10-2/h1H3,(H2,7,8,9). The van der Waals surface area contributed by atoms with Crippen molar-refractivity contribution in [2.45, 2.75) is 5.16 Å². The molecule has 0 bridgehead atoms. The van der Waals surface area contributed by atoms with E-state index in [4.69, 9.17) is 5.73 Å². The second-order valence-corrected chi connectivity index (χ2v) is 3.90. The van der Waals surface area contributed by atoms with E-state index in [-0.39, 0.29) is 0 Å². The molecular weight excluding hydrogens is 303 g/mol. The summed E-state index contributed by atoms with van der Waals surface area (Å²) < 4.78 is 1.55. The molecule has 2 heterocycles. The summed E-state index contributed by atoms with van der Waals surface area (Å²) >= 11 is 3.43. The van der Waals surface area contributed by atoms with E-state index in [0.717, 1.165) is 0 Å². The van der Waals surface area contributed by atoms with Gasteiger partial charge in [0, 0.05) is 0 Å². The van der Waals surface area contributed by atoms with Gasteiger partial charge in [0.15, 0.2) is 22.1 Å². The van der Waals surface area contributed by atoms with Crippen LogP contribution in [0.1, 0.15) is 0 Å². The van der Waals surface area contributed by atoms with Gasteiger partial charge in [-0.05, 0) is 6.26 Å². The number of aromatic nitrogens is 5. The lowest BCUT2D eigenvalue weighted by Crippen LogP contribution is -1.96. The van der Waals surface area contributed by atoms with Gasteiger partial charge >= 0.3 is 0 Å². The third-order valence-electron chi connectivity index (χ3n) is 1.45. The number of nitrogens with zero attached hydrogens (tertiary/aromatic N) is 5. The van der Waals surface area contributed by atoms with Crippen LogP contribution in [0.5, 0.6) is 0 Å². The lowest BCUT2D eigenvalue weighted by molar-refractivity contribution is 0.926. The summed E-state index contributed by atoms with van der Waals surface area (Å²) in [7, 11) is 0. The average molecular weight is 308 g/mol. The highest BCUT2D eigenvalue weighted by Gasteiger charge is 2.10. The minimum Gasteiger partial charge on any atom is -0.382 e. The van der Waals surface area contributed by atoms with Crippen LogP contribution in [0.3, 0.4) is 0 Å². The van der Waals surface area contributed by atoms with E-state index in [1.54, 1.807) is 2.90 Å². The molecule has 68 valence electrons. The van der Waals surface area contributed by atoms with Crippen LogP contribution in [0.15, 0.2) is 5.16 Å². The fourth-order valence-electron chi connectivity index (χ4n) is 0.881. The molecule has 0 aliphatic heterocycles. The molecule has 2 N–H and O–H groups in total. The summed E-state index contributed by atoms with van der Waals surface area (Å²) in [6.45, 7) is 0. The summed E-state index contributed by atoms with van der Waals surface area (Å²) in [4.78, 5) is 8.26. The SMILES string of the molecule is CSc1nc(N)c2nnn(I)c2n1. The lowest BCUT2D eigenvalue weighted by atomic mass is 10.5. The highest BCUT2D eigenvalue weighted by atomic mass is 127. The van der Waals surface area contributed by atoms with Crippen LogP contribution >= 0.6 is 34.6 Å². The molecule has 0 unspecified atom stereocenters. The second kappa shape index (κ2) is 3.25. The molecule has 2 aromatic heterocycles. The van der Waals surface area contributed by atoms with Crippen molar-refractivity contribution in [3.05, 3.63) is 0 Å². The van der Waals surface area contributed by atoms with Crippen LogP contribution in [0.25, 0.3) is 11.2 Å². The van der Waals surface area contributed by atoms with Crippen LogP contribution in [-0.2, 0) is 0 Å². The number of halogens is 1. The highest BCUT2D eigenvalue weighted by Crippen LogP contribution is 2.19. The predicted molar refractivity (Wildman–Crippen MR) is 58.7 cm³/mol. The molecule has 6 nitrogen and oxygen atoms in total. The first kappa shape index (κ1) is 8.94. The Morgan fingerprint density at radius 1 is 1.46 bits per heavy atom. The van der Waals surface area contributed by atoms with Gasteiger partial charge in [0.2, 0.25) is 0 Å². The van der Waals surface area contributed by atoms with Crippen molar-refractivity contribution in [1.82, 2.24) is 23.2 Å². The molecule has 8 heteroatoms. The average Bonchev–Trinajstić information content (AvgIpc) is 2.48. The molecular formula is C5H5IN6S. The third kappa shape index (κ3) is 1.43. The van der Waals surface area contributed by atoms with Crippen LogP contribution in [0, 0.1) is 0 Å². The van der Waals surface area contributed by atoms with E-state index in [9.17, 15) is 0 Å². The van der Waals surface area contributed by atoms with Gasteiger partial charge in [0.05, 0.1) is 22.9 Å². The van der Waals surface area contributed by atoms with E-state index < -0.39 is 0 Å². The number of thioether (sulfide) groups is 1. The molecule has 0 amide bonds. The van der Waals surface area contributed by atoms with Gasteiger partial charge in [0.1, 0.15) is 0 Å². The van der Waals surface area contributed by atoms with Crippen molar-refractivity contribution in [3.63, 3.8) is 0 Å². The molecule has 0 radical (unpaired) electrons. The molecule has 0 fully saturated rings. The van der Waals surface area contributed by atoms with Gasteiger partial charge in [-0.3, -0.25) is 0 Å². The first-order chi connectivity index (χ1) is 6.22. The van der Waals surface area contributed by atoms with Crippen LogP contribution in [0.4, 0.5) is 5.82 Å². The molecule has 0 saturated heterocycles. The minimum absolute atomic E-state index is 0.372. The Hall–Kier alpha value is -0.640. The summed E-state index contributed by atoms with van der Waals surface area (Å²) in [5.74, 6) is 0.372. The highest BCUT2D eigenvalue weighted by molar-refractivity contribution is 14.1. The Morgan fingerprint density at radius 2 is 2.23 bits per heavy atom. The molecule has 0 aliphatic carbocycles. The summed E-state index contributed by atoms with van der Waals surface area (Å²) in [5.41, 5.74) is 6.86. The topological polar surface area (TPSA) is 82.5 Å². The number of nitrogens with two attached hydrogens (primary N) is 1. The van der Waals surface area contributed by atoms with Crippen molar-refractivity contribution in [3.8, 4) is 0 Å². The molecule has 0 atom stereocenters. The van der Waals surface area contributed by atoms with Crippen molar-refractivity contribution in [2.24, 2.45) is 0 Å². The quantitative estimate of drug-likeness (QED) is 0.475. The van der Waals surface area contributed by atoms with Crippen LogP contribution < -0.4 is 5.73 Å². The Labute approximate surface area is 91.8 Å². The van der Waals surface area contributed by atoms with Gasteiger partial charge in [0.25, 0.3) is 0 Å². The summed E-state index contributed by atoms with van der Waals surface area (Å²) in [6, 6.07) is 0. The number of hydrogen-bond acceptors (Lipinski definition) is 6. The Balaban J connectivity index is 2.80. The van der Waals surface area contributed by atoms with E-state index in [2.05, 4.69) is 20.3 Å². The van der Waals surface area contributed by atoms with E-state index >= 15 is 0 Å². The van der Waals surface area contributed by atoms with E-state index in [1.165, 1.54) is 11.8 Å². The number of rotatable bonds is 1. The zero-order valence-electron chi connectivity index (χ0n) is 6.60. The summed E-state index contributed by atoms with van der Waals surface area (Å²) in [5, 5.41) is 8.26. The number of nitrogen functional groups attached to an aromatic ring is 1. The lowest BCUT2D eigenvalue weighted by Gasteiger charge is -1.96. The van der Waals surface area contributed by atoms with E-state index in [0.29, 0.717) is 22.1 Å². The van der Waals surface area contributed by atoms with Gasteiger partial charge in [-0.2, -0.15) is 7.88 Å². The van der Waals surface area contributed by atoms with Crippen molar-refractivity contribution < 1.29 is 0 Å². The number of hydrogen-bond donors (Lipinski definition) is 1. The number of anilines is 1. The Bertz CT molecular complexity index is 453. The van der Waals surface area contributed by atoms with Crippen molar-refractivity contribution in [2.75, 3.05) is 12.0 Å². The normalized spacial score (nSPS) is 10.9.